The van der Waals surface area contributed by atoms with Gasteiger partial charge in [0, 0.05) is 24.5 Å². The van der Waals surface area contributed by atoms with Gasteiger partial charge in [-0.05, 0) is 23.4 Å². The Kier molecular flexibility index (Phi) is 4.49. The second-order valence-corrected chi connectivity index (χ2v) is 5.58. The molecule has 2 rings (SSSR count). The number of nitrogens with zero attached hydrogens (tertiary/aromatic N) is 1. The summed E-state index contributed by atoms with van der Waals surface area (Å²) in [6.45, 7) is 3.97. The summed E-state index contributed by atoms with van der Waals surface area (Å²) in [5.74, 6) is 1.07. The third-order valence-electron chi connectivity index (χ3n) is 2.98. The molecule has 1 unspecified atom stereocenters. The fraction of sp³-hybridized carbons (Fsp3) is 0.462. The zero-order chi connectivity index (χ0) is 13.0. The van der Waals surface area contributed by atoms with Crippen molar-refractivity contribution in [3.63, 3.8) is 0 Å². The van der Waals surface area contributed by atoms with E-state index in [1.165, 1.54) is 4.90 Å². The molecule has 0 radical (unpaired) electrons. The molecule has 0 bridgehead atoms. The number of carbonyl (C=O) groups is 1. The predicted molar refractivity (Wildman–Crippen MR) is 74.7 cm³/mol. The van der Waals surface area contributed by atoms with Gasteiger partial charge in [-0.15, -0.1) is 11.8 Å². The Hall–Kier alpha value is -1.20. The van der Waals surface area contributed by atoms with Gasteiger partial charge >= 0.3 is 6.03 Å². The highest BCUT2D eigenvalue weighted by Gasteiger charge is 2.28. The number of nitrogens with one attached hydrogen (secondary N) is 1. The van der Waals surface area contributed by atoms with Gasteiger partial charge in [0.05, 0.1) is 6.04 Å². The number of rotatable bonds is 5. The molecule has 0 aromatic heterocycles. The molecule has 18 heavy (non-hydrogen) atoms. The first-order chi connectivity index (χ1) is 8.74. The third-order valence-corrected chi connectivity index (χ3v) is 3.87. The Morgan fingerprint density at radius 1 is 1.44 bits per heavy atom. The van der Waals surface area contributed by atoms with E-state index >= 15 is 0 Å². The van der Waals surface area contributed by atoms with Crippen molar-refractivity contribution in [1.82, 2.24) is 10.2 Å². The fourth-order valence-corrected chi connectivity index (χ4v) is 2.75. The van der Waals surface area contributed by atoms with Crippen molar-refractivity contribution in [2.75, 3.05) is 25.4 Å². The number of benzene rings is 1. The van der Waals surface area contributed by atoms with Crippen LogP contribution in [0.1, 0.15) is 18.5 Å². The summed E-state index contributed by atoms with van der Waals surface area (Å²) in [4.78, 5) is 14.7. The van der Waals surface area contributed by atoms with Crippen molar-refractivity contribution < 1.29 is 4.79 Å². The van der Waals surface area contributed by atoms with Crippen LogP contribution >= 0.6 is 11.8 Å². The smallest absolute Gasteiger partial charge is 0.318 e. The number of thioether (sulfide) groups is 1. The van der Waals surface area contributed by atoms with E-state index < -0.39 is 0 Å². The molecule has 0 saturated carbocycles. The van der Waals surface area contributed by atoms with E-state index in [4.69, 9.17) is 5.73 Å². The number of hydrogen-bond acceptors (Lipinski definition) is 3. The van der Waals surface area contributed by atoms with E-state index in [2.05, 4.69) is 36.5 Å². The Morgan fingerprint density at radius 3 is 2.78 bits per heavy atom. The summed E-state index contributed by atoms with van der Waals surface area (Å²) in [6.07, 6.45) is 0. The summed E-state index contributed by atoms with van der Waals surface area (Å²) in [7, 11) is 0. The van der Waals surface area contributed by atoms with Crippen molar-refractivity contribution in [3.8, 4) is 0 Å². The fourth-order valence-electron chi connectivity index (χ4n) is 2.09. The van der Waals surface area contributed by atoms with E-state index in [0.717, 1.165) is 11.3 Å². The Bertz CT molecular complexity index is 407. The van der Waals surface area contributed by atoms with Gasteiger partial charge in [-0.3, -0.25) is 0 Å². The molecule has 1 saturated heterocycles. The molecule has 1 aromatic rings. The lowest BCUT2D eigenvalue weighted by Gasteiger charge is -2.13. The average Bonchev–Trinajstić information content (AvgIpc) is 2.73. The van der Waals surface area contributed by atoms with Gasteiger partial charge in [0.1, 0.15) is 0 Å². The first-order valence-electron chi connectivity index (χ1n) is 6.23. The van der Waals surface area contributed by atoms with Crippen molar-refractivity contribution >= 4 is 17.8 Å². The molecule has 5 heteroatoms. The minimum absolute atomic E-state index is 0.0162. The minimum atomic E-state index is -0.0162. The summed E-state index contributed by atoms with van der Waals surface area (Å²) >= 11 is 1.82. The van der Waals surface area contributed by atoms with Crippen LogP contribution in [0, 0.1) is 0 Å². The molecule has 1 heterocycles. The van der Waals surface area contributed by atoms with Gasteiger partial charge in [0.15, 0.2) is 0 Å². The lowest BCUT2D eigenvalue weighted by Crippen LogP contribution is -2.32. The van der Waals surface area contributed by atoms with Gasteiger partial charge in [-0.25, -0.2) is 4.79 Å². The molecule has 2 amide bonds. The lowest BCUT2D eigenvalue weighted by atomic mass is 10.1. The van der Waals surface area contributed by atoms with Crippen molar-refractivity contribution in [2.45, 2.75) is 17.9 Å². The second kappa shape index (κ2) is 6.11. The summed E-state index contributed by atoms with van der Waals surface area (Å²) < 4.78 is 0. The Labute approximate surface area is 112 Å². The zero-order valence-corrected chi connectivity index (χ0v) is 11.4. The number of amides is 2. The summed E-state index contributed by atoms with van der Waals surface area (Å²) in [5, 5.41) is 2.98. The molecule has 0 spiro atoms. The molecular formula is C13H19N3OS. The van der Waals surface area contributed by atoms with Gasteiger partial charge in [-0.2, -0.15) is 0 Å². The highest BCUT2D eigenvalue weighted by atomic mass is 32.2. The van der Waals surface area contributed by atoms with Crippen LogP contribution in [-0.2, 0) is 0 Å². The van der Waals surface area contributed by atoms with E-state index in [-0.39, 0.29) is 12.1 Å². The van der Waals surface area contributed by atoms with E-state index in [9.17, 15) is 4.79 Å². The summed E-state index contributed by atoms with van der Waals surface area (Å²) in [6, 6.07) is 8.48. The van der Waals surface area contributed by atoms with Crippen molar-refractivity contribution in [3.05, 3.63) is 29.8 Å². The molecule has 1 atom stereocenters. The second-order valence-electron chi connectivity index (χ2n) is 4.24. The third kappa shape index (κ3) is 2.97. The van der Waals surface area contributed by atoms with Crippen LogP contribution in [0.3, 0.4) is 0 Å². The van der Waals surface area contributed by atoms with Gasteiger partial charge in [-0.1, -0.05) is 19.1 Å². The van der Waals surface area contributed by atoms with Crippen LogP contribution in [0.2, 0.25) is 0 Å². The monoisotopic (exact) mass is 265 g/mol. The molecule has 98 valence electrons. The quantitative estimate of drug-likeness (QED) is 0.798. The minimum Gasteiger partial charge on any atom is -0.329 e. The molecular weight excluding hydrogens is 246 g/mol. The van der Waals surface area contributed by atoms with Crippen molar-refractivity contribution in [2.24, 2.45) is 5.73 Å². The van der Waals surface area contributed by atoms with E-state index in [1.807, 2.05) is 11.8 Å². The van der Waals surface area contributed by atoms with Crippen LogP contribution in [-0.4, -0.2) is 36.3 Å². The highest BCUT2D eigenvalue weighted by Crippen LogP contribution is 2.23. The summed E-state index contributed by atoms with van der Waals surface area (Å²) in [5.41, 5.74) is 6.64. The van der Waals surface area contributed by atoms with Crippen LogP contribution in [0.15, 0.2) is 29.2 Å². The van der Waals surface area contributed by atoms with Crippen molar-refractivity contribution in [1.29, 1.82) is 0 Å². The van der Waals surface area contributed by atoms with Gasteiger partial charge in [0.25, 0.3) is 0 Å². The molecule has 3 N–H and O–H groups in total. The maximum atomic E-state index is 11.7. The maximum Gasteiger partial charge on any atom is 0.318 e. The normalized spacial score (nSPS) is 19.1. The lowest BCUT2D eigenvalue weighted by molar-refractivity contribution is 0.218. The van der Waals surface area contributed by atoms with Crippen LogP contribution in [0.4, 0.5) is 4.79 Å². The van der Waals surface area contributed by atoms with Crippen LogP contribution < -0.4 is 11.1 Å². The molecule has 4 nitrogen and oxygen atoms in total. The number of urea groups is 1. The molecule has 1 fully saturated rings. The van der Waals surface area contributed by atoms with E-state index in [0.29, 0.717) is 19.6 Å². The van der Waals surface area contributed by atoms with Gasteiger partial charge in [0.2, 0.25) is 0 Å². The SMILES string of the molecule is CCSc1ccc(C2CN(CCN)C(=O)N2)cc1. The standard InChI is InChI=1S/C13H19N3OS/c1-2-18-11-5-3-10(4-6-11)12-9-16(8-7-14)13(17)15-12/h3-6,12H,2,7-9,14H2,1H3,(H,15,17). The molecule has 1 aliphatic heterocycles. The zero-order valence-electron chi connectivity index (χ0n) is 10.6. The van der Waals surface area contributed by atoms with Gasteiger partial charge < -0.3 is 16.0 Å². The van der Waals surface area contributed by atoms with Crippen LogP contribution in [0.25, 0.3) is 0 Å². The Balaban J connectivity index is 2.02. The average molecular weight is 265 g/mol. The number of hydrogen-bond donors (Lipinski definition) is 2. The number of nitrogens with two attached hydrogens (primary N) is 1. The molecule has 0 aliphatic carbocycles. The first kappa shape index (κ1) is 13.2. The highest BCUT2D eigenvalue weighted by molar-refractivity contribution is 7.99. The molecule has 1 aliphatic rings. The first-order valence-corrected chi connectivity index (χ1v) is 7.21. The van der Waals surface area contributed by atoms with Crippen LogP contribution in [0.5, 0.6) is 0 Å². The Morgan fingerprint density at radius 2 is 2.17 bits per heavy atom. The molecule has 1 aromatic carbocycles. The topological polar surface area (TPSA) is 58.4 Å². The predicted octanol–water partition coefficient (Wildman–Crippen LogP) is 1.82. The largest absolute Gasteiger partial charge is 0.329 e. The maximum absolute atomic E-state index is 11.7. The number of carbonyl (C=O) groups excluding carboxylic acids is 1. The van der Waals surface area contributed by atoms with E-state index in [1.54, 1.807) is 4.90 Å².